The van der Waals surface area contributed by atoms with Crippen molar-refractivity contribution in [1.29, 1.82) is 0 Å². The van der Waals surface area contributed by atoms with Crippen molar-refractivity contribution in [2.45, 2.75) is 0 Å². The summed E-state index contributed by atoms with van der Waals surface area (Å²) in [6.45, 7) is 0. The number of guanidine groups is 1. The van der Waals surface area contributed by atoms with E-state index in [0.29, 0.717) is 17.2 Å². The monoisotopic (exact) mass is 252 g/mol. The van der Waals surface area contributed by atoms with Gasteiger partial charge in [0.15, 0.2) is 0 Å². The number of nitrogens with two attached hydrogens (primary N) is 1. The number of urea groups is 1. The average molecular weight is 252 g/mol. The van der Waals surface area contributed by atoms with Crippen LogP contribution in [0.5, 0.6) is 11.5 Å². The second-order valence-electron chi connectivity index (χ2n) is 3.22. The minimum absolute atomic E-state index is 0.199. The molecule has 0 bridgehead atoms. The summed E-state index contributed by atoms with van der Waals surface area (Å²) >= 11 is 0. The lowest BCUT2D eigenvalue weighted by atomic mass is 10.2. The van der Waals surface area contributed by atoms with Crippen molar-refractivity contribution in [2.24, 2.45) is 10.7 Å². The van der Waals surface area contributed by atoms with Crippen LogP contribution in [0.4, 0.5) is 10.5 Å². The molecule has 0 unspecified atom stereocenters. The molecule has 0 heterocycles. The number of rotatable bonds is 3. The number of para-hydroxylation sites is 1. The van der Waals surface area contributed by atoms with Gasteiger partial charge in [-0.25, -0.2) is 4.79 Å². The van der Waals surface area contributed by atoms with Gasteiger partial charge in [-0.05, 0) is 12.1 Å². The van der Waals surface area contributed by atoms with E-state index < -0.39 is 6.03 Å². The third-order valence-electron chi connectivity index (χ3n) is 2.14. The summed E-state index contributed by atoms with van der Waals surface area (Å²) < 4.78 is 10.4. The number of aliphatic imine (C=N–C) groups is 1. The molecule has 1 aromatic carbocycles. The molecule has 0 saturated heterocycles. The normalized spacial score (nSPS) is 10.7. The molecule has 0 spiro atoms. The summed E-state index contributed by atoms with van der Waals surface area (Å²) in [6.07, 6.45) is 0. The van der Waals surface area contributed by atoms with E-state index in [0.717, 1.165) is 0 Å². The lowest BCUT2D eigenvalue weighted by Crippen LogP contribution is -2.39. The highest BCUT2D eigenvalue weighted by molar-refractivity contribution is 6.04. The number of primary amides is 1. The van der Waals surface area contributed by atoms with Gasteiger partial charge in [0, 0.05) is 7.05 Å². The topological polar surface area (TPSA) is 98.0 Å². The first-order chi connectivity index (χ1) is 8.62. The second kappa shape index (κ2) is 6.33. The van der Waals surface area contributed by atoms with Gasteiger partial charge in [0.1, 0.15) is 17.2 Å². The Kier molecular flexibility index (Phi) is 4.79. The van der Waals surface area contributed by atoms with Crippen molar-refractivity contribution < 1.29 is 14.3 Å². The molecule has 18 heavy (non-hydrogen) atoms. The molecule has 7 heteroatoms. The molecule has 0 aliphatic heterocycles. The largest absolute Gasteiger partial charge is 0.494 e. The zero-order valence-corrected chi connectivity index (χ0v) is 10.5. The quantitative estimate of drug-likeness (QED) is 0.546. The maximum Gasteiger partial charge on any atom is 0.318 e. The Labute approximate surface area is 105 Å². The lowest BCUT2D eigenvalue weighted by molar-refractivity contribution is 0.253. The lowest BCUT2D eigenvalue weighted by Gasteiger charge is -2.15. The SMILES string of the molecule is CN=C(NC(N)=O)Nc1c(OC)cccc1OC. The van der Waals surface area contributed by atoms with Crippen molar-refractivity contribution in [2.75, 3.05) is 26.6 Å². The average Bonchev–Trinajstić information content (AvgIpc) is 2.37. The Balaban J connectivity index is 3.04. The van der Waals surface area contributed by atoms with Crippen molar-refractivity contribution in [1.82, 2.24) is 5.32 Å². The molecule has 0 aromatic heterocycles. The Morgan fingerprint density at radius 3 is 2.22 bits per heavy atom. The predicted octanol–water partition coefficient (Wildman–Crippen LogP) is 0.770. The standard InChI is InChI=1S/C11H16N4O3/c1-13-11(15-10(12)16)14-9-7(17-2)5-4-6-8(9)18-3/h4-6H,1-3H3,(H4,12,13,14,15,16). The summed E-state index contributed by atoms with van der Waals surface area (Å²) in [6, 6.07) is 4.58. The van der Waals surface area contributed by atoms with Crippen LogP contribution in [0.15, 0.2) is 23.2 Å². The molecular formula is C11H16N4O3. The Morgan fingerprint density at radius 1 is 1.28 bits per heavy atom. The maximum absolute atomic E-state index is 10.8. The van der Waals surface area contributed by atoms with Crippen molar-refractivity contribution in [3.63, 3.8) is 0 Å². The number of carbonyl (C=O) groups excluding carboxylic acids is 1. The Hall–Kier alpha value is -2.44. The van der Waals surface area contributed by atoms with Crippen LogP contribution in [0.2, 0.25) is 0 Å². The molecular weight excluding hydrogens is 236 g/mol. The van der Waals surface area contributed by atoms with Gasteiger partial charge in [-0.1, -0.05) is 6.07 Å². The number of carbonyl (C=O) groups is 1. The number of ether oxygens (including phenoxy) is 2. The van der Waals surface area contributed by atoms with E-state index in [4.69, 9.17) is 15.2 Å². The molecule has 0 saturated carbocycles. The van der Waals surface area contributed by atoms with Crippen LogP contribution in [-0.2, 0) is 0 Å². The minimum atomic E-state index is -0.711. The molecule has 0 radical (unpaired) electrons. The smallest absolute Gasteiger partial charge is 0.318 e. The molecule has 2 amide bonds. The first-order valence-electron chi connectivity index (χ1n) is 5.13. The van der Waals surface area contributed by atoms with Crippen molar-refractivity contribution in [3.8, 4) is 11.5 Å². The number of nitrogens with one attached hydrogen (secondary N) is 2. The van der Waals surface area contributed by atoms with E-state index in [1.165, 1.54) is 21.3 Å². The zero-order chi connectivity index (χ0) is 13.5. The van der Waals surface area contributed by atoms with Crippen LogP contribution in [0, 0.1) is 0 Å². The van der Waals surface area contributed by atoms with Gasteiger partial charge in [-0.15, -0.1) is 0 Å². The number of methoxy groups -OCH3 is 2. The predicted molar refractivity (Wildman–Crippen MR) is 69.2 cm³/mol. The zero-order valence-electron chi connectivity index (χ0n) is 10.5. The molecule has 0 atom stereocenters. The maximum atomic E-state index is 10.8. The minimum Gasteiger partial charge on any atom is -0.494 e. The van der Waals surface area contributed by atoms with Crippen LogP contribution in [0.3, 0.4) is 0 Å². The van der Waals surface area contributed by atoms with E-state index in [-0.39, 0.29) is 5.96 Å². The van der Waals surface area contributed by atoms with Gasteiger partial charge in [-0.2, -0.15) is 0 Å². The number of nitrogens with zero attached hydrogens (tertiary/aromatic N) is 1. The van der Waals surface area contributed by atoms with Crippen LogP contribution in [0.25, 0.3) is 0 Å². The molecule has 1 rings (SSSR count). The van der Waals surface area contributed by atoms with E-state index >= 15 is 0 Å². The van der Waals surface area contributed by atoms with Gasteiger partial charge >= 0.3 is 6.03 Å². The van der Waals surface area contributed by atoms with Crippen LogP contribution in [-0.4, -0.2) is 33.3 Å². The van der Waals surface area contributed by atoms with E-state index in [9.17, 15) is 4.79 Å². The Bertz CT molecular complexity index is 437. The molecule has 0 fully saturated rings. The summed E-state index contributed by atoms with van der Waals surface area (Å²) in [5.41, 5.74) is 5.58. The van der Waals surface area contributed by atoms with Crippen molar-refractivity contribution in [3.05, 3.63) is 18.2 Å². The van der Waals surface area contributed by atoms with E-state index in [2.05, 4.69) is 15.6 Å². The molecule has 98 valence electrons. The molecule has 0 aliphatic rings. The van der Waals surface area contributed by atoms with Crippen LogP contribution >= 0.6 is 0 Å². The highest BCUT2D eigenvalue weighted by Crippen LogP contribution is 2.33. The van der Waals surface area contributed by atoms with Gasteiger partial charge in [-0.3, -0.25) is 10.3 Å². The third-order valence-corrected chi connectivity index (χ3v) is 2.14. The third kappa shape index (κ3) is 3.27. The van der Waals surface area contributed by atoms with Gasteiger partial charge in [0.05, 0.1) is 14.2 Å². The number of anilines is 1. The van der Waals surface area contributed by atoms with Gasteiger partial charge < -0.3 is 20.5 Å². The number of benzene rings is 1. The first kappa shape index (κ1) is 13.6. The molecule has 7 nitrogen and oxygen atoms in total. The van der Waals surface area contributed by atoms with Crippen molar-refractivity contribution >= 4 is 17.7 Å². The van der Waals surface area contributed by atoms with Crippen LogP contribution in [0.1, 0.15) is 0 Å². The fourth-order valence-corrected chi connectivity index (χ4v) is 1.35. The summed E-state index contributed by atoms with van der Waals surface area (Å²) in [5.74, 6) is 1.31. The van der Waals surface area contributed by atoms with Gasteiger partial charge in [0.2, 0.25) is 5.96 Å². The summed E-state index contributed by atoms with van der Waals surface area (Å²) in [7, 11) is 4.58. The number of hydrogen-bond acceptors (Lipinski definition) is 4. The van der Waals surface area contributed by atoms with Crippen LogP contribution < -0.4 is 25.8 Å². The molecule has 0 aliphatic carbocycles. The number of hydrogen-bond donors (Lipinski definition) is 3. The summed E-state index contributed by atoms with van der Waals surface area (Å²) in [5, 5.41) is 5.23. The summed E-state index contributed by atoms with van der Waals surface area (Å²) in [4.78, 5) is 14.7. The van der Waals surface area contributed by atoms with E-state index in [1.54, 1.807) is 18.2 Å². The highest BCUT2D eigenvalue weighted by Gasteiger charge is 2.12. The molecule has 4 N–H and O–H groups in total. The highest BCUT2D eigenvalue weighted by atomic mass is 16.5. The fraction of sp³-hybridized carbons (Fsp3) is 0.273. The fourth-order valence-electron chi connectivity index (χ4n) is 1.35. The first-order valence-corrected chi connectivity index (χ1v) is 5.13. The number of amides is 2. The molecule has 1 aromatic rings. The van der Waals surface area contributed by atoms with Gasteiger partial charge in [0.25, 0.3) is 0 Å². The Morgan fingerprint density at radius 2 is 1.83 bits per heavy atom. The second-order valence-corrected chi connectivity index (χ2v) is 3.22. The van der Waals surface area contributed by atoms with E-state index in [1.807, 2.05) is 0 Å².